The molecule has 0 radical (unpaired) electrons. The van der Waals surface area contributed by atoms with E-state index in [0.29, 0.717) is 5.92 Å². The number of benzene rings is 2. The number of fused-ring (bicyclic) bond motifs is 1. The Balaban J connectivity index is 1.19. The van der Waals surface area contributed by atoms with Crippen LogP contribution in [0.1, 0.15) is 48.3 Å². The van der Waals surface area contributed by atoms with Crippen molar-refractivity contribution in [3.63, 3.8) is 0 Å². The van der Waals surface area contributed by atoms with E-state index >= 15 is 0 Å². The second-order valence-electron chi connectivity index (χ2n) is 9.82. The Bertz CT molecular complexity index is 1110. The van der Waals surface area contributed by atoms with Crippen molar-refractivity contribution in [1.82, 2.24) is 14.7 Å². The van der Waals surface area contributed by atoms with Gasteiger partial charge in [0, 0.05) is 43.6 Å². The molecule has 0 saturated carbocycles. The maximum atomic E-state index is 11.7. The summed E-state index contributed by atoms with van der Waals surface area (Å²) in [5.74, 6) is -0.102. The monoisotopic (exact) mass is 458 g/mol. The molecule has 34 heavy (non-hydrogen) atoms. The van der Waals surface area contributed by atoms with Gasteiger partial charge in [-0.25, -0.2) is 4.68 Å². The van der Waals surface area contributed by atoms with Gasteiger partial charge in [-0.05, 0) is 85.5 Å². The van der Waals surface area contributed by atoms with Crippen LogP contribution in [0.4, 0.5) is 5.69 Å². The molecule has 2 aliphatic rings. The van der Waals surface area contributed by atoms with Gasteiger partial charge in [0.05, 0.1) is 12.1 Å². The zero-order chi connectivity index (χ0) is 23.3. The smallest absolute Gasteiger partial charge is 0.304 e. The van der Waals surface area contributed by atoms with Crippen LogP contribution < -0.4 is 5.32 Å². The van der Waals surface area contributed by atoms with Gasteiger partial charge in [-0.2, -0.15) is 5.10 Å². The molecule has 3 aromatic rings. The number of aryl methyl sites for hydroxylation is 2. The molecule has 2 unspecified atom stereocenters. The topological polar surface area (TPSA) is 70.4 Å². The fraction of sp³-hybridized carbons (Fsp3) is 0.429. The number of rotatable bonds is 9. The molecule has 1 saturated heterocycles. The molecule has 178 valence electrons. The molecule has 2 aliphatic heterocycles. The third-order valence-electron chi connectivity index (χ3n) is 7.33. The first-order chi connectivity index (χ1) is 16.6. The summed E-state index contributed by atoms with van der Waals surface area (Å²) in [4.78, 5) is 14.1. The van der Waals surface area contributed by atoms with Crippen molar-refractivity contribution < 1.29 is 9.90 Å². The molecule has 6 heteroatoms. The quantitative estimate of drug-likeness (QED) is 0.485. The molecule has 3 heterocycles. The zero-order valence-electron chi connectivity index (χ0n) is 19.7. The largest absolute Gasteiger partial charge is 0.481 e. The lowest BCUT2D eigenvalue weighted by Crippen LogP contribution is -2.28. The Kier molecular flexibility index (Phi) is 6.95. The highest BCUT2D eigenvalue weighted by Crippen LogP contribution is 2.29. The molecule has 0 spiro atoms. The second kappa shape index (κ2) is 10.4. The predicted octanol–water partition coefficient (Wildman–Crippen LogP) is 4.74. The van der Waals surface area contributed by atoms with Gasteiger partial charge in [0.2, 0.25) is 0 Å². The third kappa shape index (κ3) is 5.50. The molecule has 1 aromatic heterocycles. The molecule has 5 rings (SSSR count). The standard InChI is InChI=1S/C28H34N4O2/c33-28(34)18-25(24-4-1-6-26(17-24)32-14-3-13-30-32)20-31-15-11-22(19-31)8-7-21-9-10-23-5-2-12-29-27(23)16-21/h1,3-4,6,9-10,13-14,16-17,22,25,29H,2,5,7-8,11-12,15,18-20H2,(H,33,34). The number of hydrogen-bond donors (Lipinski definition) is 2. The number of aromatic nitrogens is 2. The van der Waals surface area contributed by atoms with Crippen molar-refractivity contribution in [1.29, 1.82) is 0 Å². The van der Waals surface area contributed by atoms with E-state index in [-0.39, 0.29) is 12.3 Å². The predicted molar refractivity (Wildman–Crippen MR) is 135 cm³/mol. The van der Waals surface area contributed by atoms with Crippen LogP contribution in [0.2, 0.25) is 0 Å². The normalized spacial score (nSPS) is 18.9. The van der Waals surface area contributed by atoms with Gasteiger partial charge >= 0.3 is 5.97 Å². The van der Waals surface area contributed by atoms with Gasteiger partial charge < -0.3 is 15.3 Å². The lowest BCUT2D eigenvalue weighted by atomic mass is 9.94. The summed E-state index contributed by atoms with van der Waals surface area (Å²) in [5, 5.41) is 17.4. The summed E-state index contributed by atoms with van der Waals surface area (Å²) in [5.41, 5.74) is 6.23. The van der Waals surface area contributed by atoms with Crippen LogP contribution in [0.3, 0.4) is 0 Å². The Morgan fingerprint density at radius 2 is 2.15 bits per heavy atom. The van der Waals surface area contributed by atoms with Crippen molar-refractivity contribution in [2.24, 2.45) is 5.92 Å². The second-order valence-corrected chi connectivity index (χ2v) is 9.82. The average Bonchev–Trinajstić information content (AvgIpc) is 3.55. The Hall–Kier alpha value is -3.12. The average molecular weight is 459 g/mol. The first kappa shape index (κ1) is 22.7. The number of likely N-dealkylation sites (tertiary alicyclic amines) is 1. The maximum Gasteiger partial charge on any atom is 0.304 e. The van der Waals surface area contributed by atoms with Gasteiger partial charge in [-0.1, -0.05) is 24.3 Å². The minimum absolute atomic E-state index is 0.0292. The maximum absolute atomic E-state index is 11.7. The van der Waals surface area contributed by atoms with Gasteiger partial charge in [-0.3, -0.25) is 4.79 Å². The van der Waals surface area contributed by atoms with Crippen molar-refractivity contribution in [2.75, 3.05) is 31.5 Å². The van der Waals surface area contributed by atoms with Crippen LogP contribution in [0, 0.1) is 5.92 Å². The number of anilines is 1. The summed E-state index contributed by atoms with van der Waals surface area (Å²) < 4.78 is 1.82. The van der Waals surface area contributed by atoms with Crippen LogP contribution >= 0.6 is 0 Å². The summed E-state index contributed by atoms with van der Waals surface area (Å²) in [6.07, 6.45) is 9.71. The van der Waals surface area contributed by atoms with Gasteiger partial charge in [0.1, 0.15) is 0 Å². The third-order valence-corrected chi connectivity index (χ3v) is 7.33. The lowest BCUT2D eigenvalue weighted by molar-refractivity contribution is -0.137. The molecule has 2 aromatic carbocycles. The highest BCUT2D eigenvalue weighted by atomic mass is 16.4. The van der Waals surface area contributed by atoms with E-state index in [1.54, 1.807) is 6.20 Å². The van der Waals surface area contributed by atoms with Crippen molar-refractivity contribution in [3.8, 4) is 5.69 Å². The van der Waals surface area contributed by atoms with Gasteiger partial charge in [0.15, 0.2) is 0 Å². The highest BCUT2D eigenvalue weighted by molar-refractivity contribution is 5.68. The lowest BCUT2D eigenvalue weighted by Gasteiger charge is -2.24. The fourth-order valence-corrected chi connectivity index (χ4v) is 5.50. The molecule has 0 bridgehead atoms. The number of aliphatic carboxylic acids is 1. The number of carboxylic acids is 1. The summed E-state index contributed by atoms with van der Waals surface area (Å²) in [6.45, 7) is 3.97. The highest BCUT2D eigenvalue weighted by Gasteiger charge is 2.26. The van der Waals surface area contributed by atoms with Gasteiger partial charge in [-0.15, -0.1) is 0 Å². The van der Waals surface area contributed by atoms with Crippen molar-refractivity contribution in [3.05, 3.63) is 77.6 Å². The van der Waals surface area contributed by atoms with Crippen LogP contribution in [-0.2, 0) is 17.6 Å². The number of hydrogen-bond acceptors (Lipinski definition) is 4. The van der Waals surface area contributed by atoms with Crippen molar-refractivity contribution >= 4 is 11.7 Å². The van der Waals surface area contributed by atoms with E-state index in [4.69, 9.17) is 0 Å². The van der Waals surface area contributed by atoms with Crippen molar-refractivity contribution in [2.45, 2.75) is 44.4 Å². The zero-order valence-corrected chi connectivity index (χ0v) is 19.7. The molecule has 0 amide bonds. The van der Waals surface area contributed by atoms with E-state index in [9.17, 15) is 9.90 Å². The van der Waals surface area contributed by atoms with E-state index in [0.717, 1.165) is 43.9 Å². The molecule has 1 fully saturated rings. The van der Waals surface area contributed by atoms with Crippen LogP contribution in [0.15, 0.2) is 60.9 Å². The molecule has 6 nitrogen and oxygen atoms in total. The first-order valence-corrected chi connectivity index (χ1v) is 12.5. The van der Waals surface area contributed by atoms with Crippen LogP contribution in [0.5, 0.6) is 0 Å². The first-order valence-electron chi connectivity index (χ1n) is 12.5. The molecule has 0 aliphatic carbocycles. The Morgan fingerprint density at radius 3 is 3.00 bits per heavy atom. The number of nitrogens with zero attached hydrogens (tertiary/aromatic N) is 3. The molecular formula is C28H34N4O2. The number of nitrogens with one attached hydrogen (secondary N) is 1. The summed E-state index contributed by atoms with van der Waals surface area (Å²) in [6, 6.07) is 17.0. The molecule has 2 N–H and O–H groups in total. The minimum atomic E-state index is -0.744. The van der Waals surface area contributed by atoms with Gasteiger partial charge in [0.25, 0.3) is 0 Å². The molecular weight excluding hydrogens is 424 g/mol. The van der Waals surface area contributed by atoms with E-state index in [2.05, 4.69) is 45.6 Å². The minimum Gasteiger partial charge on any atom is -0.481 e. The van der Waals surface area contributed by atoms with Crippen LogP contribution in [0.25, 0.3) is 5.69 Å². The Labute approximate surface area is 201 Å². The van der Waals surface area contributed by atoms with E-state index in [1.165, 1.54) is 42.5 Å². The van der Waals surface area contributed by atoms with Crippen LogP contribution in [-0.4, -0.2) is 51.9 Å². The van der Waals surface area contributed by atoms with E-state index < -0.39 is 5.97 Å². The molecule has 2 atom stereocenters. The summed E-state index contributed by atoms with van der Waals surface area (Å²) in [7, 11) is 0. The SMILES string of the molecule is O=C(O)CC(CN1CCC(CCc2ccc3c(c2)NCCC3)C1)c1cccc(-n2cccn2)c1. The number of carbonyl (C=O) groups is 1. The summed E-state index contributed by atoms with van der Waals surface area (Å²) >= 11 is 0. The van der Waals surface area contributed by atoms with E-state index in [1.807, 2.05) is 29.1 Å². The number of carboxylic acid groups (broad SMARTS) is 1. The fourth-order valence-electron chi connectivity index (χ4n) is 5.50. The Morgan fingerprint density at radius 1 is 1.21 bits per heavy atom.